The van der Waals surface area contributed by atoms with Crippen molar-refractivity contribution in [1.82, 2.24) is 4.72 Å². The van der Waals surface area contributed by atoms with Crippen molar-refractivity contribution in [2.75, 3.05) is 11.4 Å². The lowest BCUT2D eigenvalue weighted by Crippen LogP contribution is -2.44. The Morgan fingerprint density at radius 2 is 1.88 bits per heavy atom. The van der Waals surface area contributed by atoms with Crippen LogP contribution in [0, 0.1) is 5.82 Å². The molecule has 2 aromatic carbocycles. The fourth-order valence-electron chi connectivity index (χ4n) is 4.11. The molecule has 0 amide bonds. The van der Waals surface area contributed by atoms with Gasteiger partial charge in [0.05, 0.1) is 4.90 Å². The van der Waals surface area contributed by atoms with Gasteiger partial charge in [-0.2, -0.15) is 0 Å². The monoisotopic (exact) mass is 358 g/mol. The Kier molecular flexibility index (Phi) is 4.86. The summed E-state index contributed by atoms with van der Waals surface area (Å²) in [4.78, 5) is 2.76. The SMILES string of the molecule is O=S(NC1CCCC(N2CCc3ccccc32)C1)c1ccccc1F. The molecular weight excluding hydrogens is 335 g/mol. The highest BCUT2D eigenvalue weighted by Gasteiger charge is 2.31. The van der Waals surface area contributed by atoms with Gasteiger partial charge in [0.2, 0.25) is 0 Å². The predicted octanol–water partition coefficient (Wildman–Crippen LogP) is 3.81. The minimum atomic E-state index is -1.50. The van der Waals surface area contributed by atoms with E-state index in [4.69, 9.17) is 0 Å². The average molecular weight is 358 g/mol. The molecule has 1 saturated carbocycles. The first kappa shape index (κ1) is 16.7. The van der Waals surface area contributed by atoms with Gasteiger partial charge in [-0.15, -0.1) is 0 Å². The number of rotatable bonds is 4. The Morgan fingerprint density at radius 1 is 1.08 bits per heavy atom. The second-order valence-corrected chi connectivity index (χ2v) is 8.12. The van der Waals surface area contributed by atoms with E-state index in [1.54, 1.807) is 18.2 Å². The number of halogens is 1. The lowest BCUT2D eigenvalue weighted by Gasteiger charge is -2.37. The zero-order valence-corrected chi connectivity index (χ0v) is 15.0. The van der Waals surface area contributed by atoms with E-state index in [1.165, 1.54) is 23.7 Å². The molecule has 0 saturated heterocycles. The highest BCUT2D eigenvalue weighted by molar-refractivity contribution is 7.83. The van der Waals surface area contributed by atoms with Gasteiger partial charge in [-0.25, -0.2) is 13.3 Å². The zero-order chi connectivity index (χ0) is 17.2. The molecule has 3 unspecified atom stereocenters. The molecule has 1 aliphatic heterocycles. The van der Waals surface area contributed by atoms with E-state index in [2.05, 4.69) is 33.9 Å². The fourth-order valence-corrected chi connectivity index (χ4v) is 5.20. The molecular formula is C20H23FN2OS. The molecule has 2 aliphatic rings. The second kappa shape index (κ2) is 7.26. The summed E-state index contributed by atoms with van der Waals surface area (Å²) in [5, 5.41) is 0. The van der Waals surface area contributed by atoms with Gasteiger partial charge >= 0.3 is 0 Å². The van der Waals surface area contributed by atoms with Crippen LogP contribution in [0.2, 0.25) is 0 Å². The third-order valence-corrected chi connectivity index (χ3v) is 6.60. The van der Waals surface area contributed by atoms with Crippen molar-refractivity contribution >= 4 is 16.7 Å². The first-order chi connectivity index (χ1) is 12.2. The summed E-state index contributed by atoms with van der Waals surface area (Å²) in [5.74, 6) is -0.408. The van der Waals surface area contributed by atoms with E-state index < -0.39 is 16.8 Å². The Hall–Kier alpha value is -1.72. The van der Waals surface area contributed by atoms with Crippen LogP contribution in [-0.2, 0) is 17.4 Å². The number of nitrogens with one attached hydrogen (secondary N) is 1. The smallest absolute Gasteiger partial charge is 0.140 e. The molecule has 0 radical (unpaired) electrons. The average Bonchev–Trinajstić information content (AvgIpc) is 3.06. The standard InChI is InChI=1S/C20H23FN2OS/c21-18-9-2-4-11-20(18)25(24)22-16-7-5-8-17(14-16)23-13-12-15-6-1-3-10-19(15)23/h1-4,6,9-11,16-17,22H,5,7-8,12-14H2. The van der Waals surface area contributed by atoms with Crippen molar-refractivity contribution in [3.63, 3.8) is 0 Å². The summed E-state index contributed by atoms with van der Waals surface area (Å²) in [6.07, 6.45) is 5.32. The molecule has 1 aliphatic carbocycles. The molecule has 1 heterocycles. The van der Waals surface area contributed by atoms with Crippen LogP contribution in [0.25, 0.3) is 0 Å². The van der Waals surface area contributed by atoms with Crippen LogP contribution in [0.1, 0.15) is 31.2 Å². The van der Waals surface area contributed by atoms with Gasteiger partial charge < -0.3 is 4.90 Å². The summed E-state index contributed by atoms with van der Waals surface area (Å²) < 4.78 is 29.5. The van der Waals surface area contributed by atoms with Crippen LogP contribution in [0.3, 0.4) is 0 Å². The van der Waals surface area contributed by atoms with Crippen LogP contribution in [0.4, 0.5) is 10.1 Å². The predicted molar refractivity (Wildman–Crippen MR) is 99.5 cm³/mol. The van der Waals surface area contributed by atoms with Crippen LogP contribution in [0.15, 0.2) is 53.4 Å². The second-order valence-electron chi connectivity index (χ2n) is 6.91. The van der Waals surface area contributed by atoms with Crippen LogP contribution < -0.4 is 9.62 Å². The third kappa shape index (κ3) is 3.48. The number of benzene rings is 2. The maximum atomic E-state index is 13.8. The highest BCUT2D eigenvalue weighted by atomic mass is 32.2. The first-order valence-corrected chi connectivity index (χ1v) is 10.1. The first-order valence-electron chi connectivity index (χ1n) is 8.99. The van der Waals surface area contributed by atoms with Crippen molar-refractivity contribution in [3.8, 4) is 0 Å². The minimum Gasteiger partial charge on any atom is -0.368 e. The molecule has 5 heteroatoms. The summed E-state index contributed by atoms with van der Waals surface area (Å²) in [5.41, 5.74) is 2.77. The molecule has 25 heavy (non-hydrogen) atoms. The maximum Gasteiger partial charge on any atom is 0.140 e. The lowest BCUT2D eigenvalue weighted by atomic mass is 9.90. The quantitative estimate of drug-likeness (QED) is 0.901. The fraction of sp³-hybridized carbons (Fsp3) is 0.400. The van der Waals surface area contributed by atoms with E-state index in [1.807, 2.05) is 0 Å². The normalized spacial score (nSPS) is 24.1. The topological polar surface area (TPSA) is 32.3 Å². The third-order valence-electron chi connectivity index (χ3n) is 5.32. The van der Waals surface area contributed by atoms with E-state index >= 15 is 0 Å². The van der Waals surface area contributed by atoms with Gasteiger partial charge in [0, 0.05) is 24.3 Å². The zero-order valence-electron chi connectivity index (χ0n) is 14.2. The van der Waals surface area contributed by atoms with E-state index in [9.17, 15) is 8.60 Å². The highest BCUT2D eigenvalue weighted by Crippen LogP contribution is 2.34. The number of hydrogen-bond acceptors (Lipinski definition) is 2. The maximum absolute atomic E-state index is 13.8. The van der Waals surface area contributed by atoms with Crippen molar-refractivity contribution in [2.45, 2.75) is 49.1 Å². The molecule has 0 bridgehead atoms. The van der Waals surface area contributed by atoms with Crippen molar-refractivity contribution in [2.24, 2.45) is 0 Å². The molecule has 1 N–H and O–H groups in total. The van der Waals surface area contributed by atoms with E-state index in [-0.39, 0.29) is 10.9 Å². The molecule has 3 atom stereocenters. The number of anilines is 1. The molecule has 4 rings (SSSR count). The summed E-state index contributed by atoms with van der Waals surface area (Å²) in [6.45, 7) is 1.06. The molecule has 0 spiro atoms. The van der Waals surface area contributed by atoms with Gasteiger partial charge in [-0.05, 0) is 55.9 Å². The Bertz CT molecular complexity index is 782. The van der Waals surface area contributed by atoms with Gasteiger partial charge in [0.25, 0.3) is 0 Å². The number of para-hydroxylation sites is 1. The van der Waals surface area contributed by atoms with Gasteiger partial charge in [-0.1, -0.05) is 30.3 Å². The van der Waals surface area contributed by atoms with Crippen molar-refractivity contribution in [1.29, 1.82) is 0 Å². The number of hydrogen-bond donors (Lipinski definition) is 1. The molecule has 132 valence electrons. The molecule has 3 nitrogen and oxygen atoms in total. The molecule has 1 fully saturated rings. The Balaban J connectivity index is 1.44. The number of fused-ring (bicyclic) bond motifs is 1. The summed E-state index contributed by atoms with van der Waals surface area (Å²) in [7, 11) is -1.50. The van der Waals surface area contributed by atoms with Crippen LogP contribution in [-0.4, -0.2) is 22.8 Å². The van der Waals surface area contributed by atoms with E-state index in [0.29, 0.717) is 6.04 Å². The van der Waals surface area contributed by atoms with Gasteiger partial charge in [0.15, 0.2) is 0 Å². The Morgan fingerprint density at radius 3 is 2.76 bits per heavy atom. The van der Waals surface area contributed by atoms with Crippen molar-refractivity contribution in [3.05, 3.63) is 59.9 Å². The number of nitrogens with zero attached hydrogens (tertiary/aromatic N) is 1. The lowest BCUT2D eigenvalue weighted by molar-refractivity contribution is 0.361. The minimum absolute atomic E-state index is 0.159. The largest absolute Gasteiger partial charge is 0.368 e. The van der Waals surface area contributed by atoms with Crippen LogP contribution in [0.5, 0.6) is 0 Å². The van der Waals surface area contributed by atoms with Crippen molar-refractivity contribution < 1.29 is 8.60 Å². The molecule has 2 aromatic rings. The summed E-state index contributed by atoms with van der Waals surface area (Å²) >= 11 is 0. The van der Waals surface area contributed by atoms with E-state index in [0.717, 1.165) is 32.2 Å². The van der Waals surface area contributed by atoms with Crippen LogP contribution >= 0.6 is 0 Å². The Labute approximate surface area is 150 Å². The summed E-state index contributed by atoms with van der Waals surface area (Å²) in [6, 6.07) is 15.5. The molecule has 0 aromatic heterocycles. The van der Waals surface area contributed by atoms with Gasteiger partial charge in [-0.3, -0.25) is 0 Å². The van der Waals surface area contributed by atoms with Gasteiger partial charge in [0.1, 0.15) is 16.8 Å².